The first-order chi connectivity index (χ1) is 18.2. The fraction of sp³-hybridized carbons (Fsp3) is 0.0667. The molecule has 0 amide bonds. The molecule has 0 aliphatic carbocycles. The minimum Gasteiger partial charge on any atom is -0.457 e. The largest absolute Gasteiger partial charge is 0.457 e. The summed E-state index contributed by atoms with van der Waals surface area (Å²) in [7, 11) is 0. The molecule has 3 aromatic carbocycles. The van der Waals surface area contributed by atoms with Crippen molar-refractivity contribution in [1.82, 2.24) is 14.9 Å². The van der Waals surface area contributed by atoms with Crippen LogP contribution in [-0.2, 0) is 0 Å². The third kappa shape index (κ3) is 4.75. The number of aromatic nitrogens is 2. The summed E-state index contributed by atoms with van der Waals surface area (Å²) in [6, 6.07) is 36.1. The van der Waals surface area contributed by atoms with Crippen LogP contribution in [0, 0.1) is 0 Å². The molecule has 37 heavy (non-hydrogen) atoms. The van der Waals surface area contributed by atoms with Crippen molar-refractivity contribution in [3.05, 3.63) is 137 Å². The van der Waals surface area contributed by atoms with E-state index in [0.717, 1.165) is 38.7 Å². The third-order valence-corrected chi connectivity index (χ3v) is 7.22. The second-order valence-corrected chi connectivity index (χ2v) is 9.99. The van der Waals surface area contributed by atoms with Gasteiger partial charge in [-0.1, -0.05) is 40.2 Å². The van der Waals surface area contributed by atoms with Crippen molar-refractivity contribution in [2.45, 2.75) is 12.1 Å². The molecule has 1 saturated heterocycles. The predicted molar refractivity (Wildman–Crippen MR) is 154 cm³/mol. The zero-order chi connectivity index (χ0) is 25.2. The highest BCUT2D eigenvalue weighted by Crippen LogP contribution is 2.42. The Morgan fingerprint density at radius 3 is 2.19 bits per heavy atom. The molecular formula is C30H23BrN4OS. The van der Waals surface area contributed by atoms with Gasteiger partial charge in [0.25, 0.3) is 0 Å². The quantitative estimate of drug-likeness (QED) is 0.214. The number of benzene rings is 3. The SMILES string of the molecule is S=C1N[C@H](c2ccccn2)[C@@H](c2cccn2-c2ccc(Br)cc2)N1c1ccc(Oc2ccccc2)cc1. The van der Waals surface area contributed by atoms with E-state index in [9.17, 15) is 0 Å². The highest BCUT2D eigenvalue weighted by atomic mass is 79.9. The van der Waals surface area contributed by atoms with E-state index < -0.39 is 0 Å². The van der Waals surface area contributed by atoms with Gasteiger partial charge in [-0.15, -0.1) is 0 Å². The number of nitrogens with zero attached hydrogens (tertiary/aromatic N) is 3. The Bertz CT molecular complexity index is 1510. The van der Waals surface area contributed by atoms with Crippen molar-refractivity contribution in [2.75, 3.05) is 4.90 Å². The van der Waals surface area contributed by atoms with E-state index in [4.69, 9.17) is 17.0 Å². The maximum Gasteiger partial charge on any atom is 0.174 e. The fourth-order valence-electron chi connectivity index (χ4n) is 4.70. The Labute approximate surface area is 229 Å². The summed E-state index contributed by atoms with van der Waals surface area (Å²) in [4.78, 5) is 6.85. The molecule has 1 aliphatic rings. The van der Waals surface area contributed by atoms with Crippen LogP contribution in [0.2, 0.25) is 0 Å². The van der Waals surface area contributed by atoms with Gasteiger partial charge in [-0.2, -0.15) is 0 Å². The molecular weight excluding hydrogens is 544 g/mol. The monoisotopic (exact) mass is 566 g/mol. The van der Waals surface area contributed by atoms with Crippen LogP contribution in [0.25, 0.3) is 5.69 Å². The molecule has 0 spiro atoms. The van der Waals surface area contributed by atoms with Crippen molar-refractivity contribution in [2.24, 2.45) is 0 Å². The average Bonchev–Trinajstić information content (AvgIpc) is 3.55. The van der Waals surface area contributed by atoms with Gasteiger partial charge in [0.2, 0.25) is 0 Å². The number of para-hydroxylation sites is 1. The number of anilines is 1. The summed E-state index contributed by atoms with van der Waals surface area (Å²) in [6.07, 6.45) is 3.91. The standard InChI is InChI=1S/C30H23BrN4OS/c31-21-11-13-22(14-12-21)34-20-6-10-27(34)29-28(26-9-4-5-19-32-26)33-30(37)35(29)23-15-17-25(18-16-23)36-24-7-2-1-3-8-24/h1-20,28-29H,(H,33,37)/t28-,29-/m1/s1. The van der Waals surface area contributed by atoms with Gasteiger partial charge >= 0.3 is 0 Å². The van der Waals surface area contributed by atoms with E-state index in [1.807, 2.05) is 79.0 Å². The van der Waals surface area contributed by atoms with E-state index in [2.05, 4.69) is 78.3 Å². The van der Waals surface area contributed by atoms with Crippen LogP contribution >= 0.6 is 28.1 Å². The third-order valence-electron chi connectivity index (χ3n) is 6.38. The zero-order valence-electron chi connectivity index (χ0n) is 19.7. The second kappa shape index (κ2) is 10.2. The van der Waals surface area contributed by atoms with Crippen molar-refractivity contribution in [3.8, 4) is 17.2 Å². The maximum absolute atomic E-state index is 6.01. The average molecular weight is 568 g/mol. The van der Waals surface area contributed by atoms with Gasteiger partial charge in [0.05, 0.1) is 11.7 Å². The lowest BCUT2D eigenvalue weighted by atomic mass is 10.0. The van der Waals surface area contributed by atoms with Crippen LogP contribution in [0.1, 0.15) is 23.5 Å². The molecule has 2 aromatic heterocycles. The van der Waals surface area contributed by atoms with E-state index in [1.54, 1.807) is 0 Å². The second-order valence-electron chi connectivity index (χ2n) is 8.69. The summed E-state index contributed by atoms with van der Waals surface area (Å²) < 4.78 is 9.27. The van der Waals surface area contributed by atoms with Crippen molar-refractivity contribution >= 4 is 38.9 Å². The normalized spacial score (nSPS) is 17.0. The minimum atomic E-state index is -0.127. The van der Waals surface area contributed by atoms with E-state index in [0.29, 0.717) is 5.11 Å². The summed E-state index contributed by atoms with van der Waals surface area (Å²) in [5.74, 6) is 1.57. The van der Waals surface area contributed by atoms with Gasteiger partial charge < -0.3 is 19.5 Å². The highest BCUT2D eigenvalue weighted by Gasteiger charge is 2.42. The number of rotatable bonds is 6. The van der Waals surface area contributed by atoms with Crippen LogP contribution in [0.15, 0.2) is 126 Å². The van der Waals surface area contributed by atoms with Crippen molar-refractivity contribution in [3.63, 3.8) is 0 Å². The topological polar surface area (TPSA) is 42.3 Å². The summed E-state index contributed by atoms with van der Waals surface area (Å²) in [6.45, 7) is 0. The highest BCUT2D eigenvalue weighted by molar-refractivity contribution is 9.10. The molecule has 0 bridgehead atoms. The molecule has 3 heterocycles. The van der Waals surface area contributed by atoms with E-state index in [1.165, 1.54) is 0 Å². The van der Waals surface area contributed by atoms with Gasteiger partial charge in [0, 0.05) is 33.9 Å². The molecule has 1 N–H and O–H groups in total. The molecule has 7 heteroatoms. The Balaban J connectivity index is 1.40. The number of thiocarbonyl (C=S) groups is 1. The van der Waals surface area contributed by atoms with Gasteiger partial charge in [-0.05, 0) is 97.1 Å². The Kier molecular flexibility index (Phi) is 6.47. The number of hydrogen-bond acceptors (Lipinski definition) is 3. The molecule has 182 valence electrons. The number of ether oxygens (including phenoxy) is 1. The van der Waals surface area contributed by atoms with Gasteiger partial charge in [-0.25, -0.2) is 0 Å². The first-order valence-electron chi connectivity index (χ1n) is 11.9. The lowest BCUT2D eigenvalue weighted by Crippen LogP contribution is -2.30. The number of pyridine rings is 1. The molecule has 6 rings (SSSR count). The zero-order valence-corrected chi connectivity index (χ0v) is 22.1. The summed E-state index contributed by atoms with van der Waals surface area (Å²) >= 11 is 9.45. The molecule has 0 unspecified atom stereocenters. The van der Waals surface area contributed by atoms with Crippen LogP contribution < -0.4 is 15.0 Å². The molecule has 1 aliphatic heterocycles. The number of hydrogen-bond donors (Lipinski definition) is 1. The Morgan fingerprint density at radius 1 is 0.757 bits per heavy atom. The Morgan fingerprint density at radius 2 is 1.46 bits per heavy atom. The molecule has 5 aromatic rings. The minimum absolute atomic E-state index is 0.123. The van der Waals surface area contributed by atoms with Gasteiger partial charge in [-0.3, -0.25) is 4.98 Å². The number of halogens is 1. The smallest absolute Gasteiger partial charge is 0.174 e. The first-order valence-corrected chi connectivity index (χ1v) is 13.1. The lowest BCUT2D eigenvalue weighted by molar-refractivity contribution is 0.482. The van der Waals surface area contributed by atoms with Crippen LogP contribution in [0.4, 0.5) is 5.69 Å². The predicted octanol–water partition coefficient (Wildman–Crippen LogP) is 7.60. The lowest BCUT2D eigenvalue weighted by Gasteiger charge is -2.29. The van der Waals surface area contributed by atoms with E-state index >= 15 is 0 Å². The van der Waals surface area contributed by atoms with Crippen molar-refractivity contribution < 1.29 is 4.74 Å². The molecule has 0 saturated carbocycles. The fourth-order valence-corrected chi connectivity index (χ4v) is 5.32. The maximum atomic E-state index is 6.01. The van der Waals surface area contributed by atoms with Gasteiger partial charge in [0.15, 0.2) is 5.11 Å². The molecule has 1 fully saturated rings. The number of nitrogens with one attached hydrogen (secondary N) is 1. The summed E-state index contributed by atoms with van der Waals surface area (Å²) in [5, 5.41) is 4.20. The van der Waals surface area contributed by atoms with Crippen LogP contribution in [0.3, 0.4) is 0 Å². The van der Waals surface area contributed by atoms with Crippen molar-refractivity contribution in [1.29, 1.82) is 0 Å². The first kappa shape index (κ1) is 23.5. The van der Waals surface area contributed by atoms with E-state index in [-0.39, 0.29) is 12.1 Å². The van der Waals surface area contributed by atoms with Gasteiger partial charge in [0.1, 0.15) is 17.5 Å². The molecule has 5 nitrogen and oxygen atoms in total. The van der Waals surface area contributed by atoms with Crippen LogP contribution in [0.5, 0.6) is 11.5 Å². The molecule has 0 radical (unpaired) electrons. The van der Waals surface area contributed by atoms with Crippen LogP contribution in [-0.4, -0.2) is 14.7 Å². The Hall–Kier alpha value is -3.94. The summed E-state index contributed by atoms with van der Waals surface area (Å²) in [5.41, 5.74) is 4.09. The molecule has 2 atom stereocenters.